The molecule has 0 aliphatic rings. The van der Waals surface area contributed by atoms with Crippen molar-refractivity contribution in [3.8, 4) is 5.75 Å². The highest BCUT2D eigenvalue weighted by Gasteiger charge is 2.09. The zero-order valence-corrected chi connectivity index (χ0v) is 17.4. The van der Waals surface area contributed by atoms with Crippen LogP contribution >= 0.6 is 23.2 Å². The minimum atomic E-state index is 0.384. The van der Waals surface area contributed by atoms with E-state index < -0.39 is 0 Å². The molecule has 0 atom stereocenters. The lowest BCUT2D eigenvalue weighted by atomic mass is 10.0. The van der Waals surface area contributed by atoms with Crippen LogP contribution in [0.15, 0.2) is 83.9 Å². The Morgan fingerprint density at radius 2 is 1.66 bits per heavy atom. The van der Waals surface area contributed by atoms with Crippen molar-refractivity contribution < 1.29 is 4.74 Å². The van der Waals surface area contributed by atoms with Crippen LogP contribution < -0.4 is 4.74 Å². The first-order chi connectivity index (χ1) is 14.1. The van der Waals surface area contributed by atoms with Crippen molar-refractivity contribution in [2.75, 3.05) is 0 Å². The van der Waals surface area contributed by atoms with Gasteiger partial charge in [0.1, 0.15) is 12.4 Å². The third-order valence-corrected chi connectivity index (χ3v) is 5.55. The Bertz CT molecular complexity index is 1200. The van der Waals surface area contributed by atoms with E-state index in [-0.39, 0.29) is 0 Å². The van der Waals surface area contributed by atoms with Crippen LogP contribution in [0.2, 0.25) is 10.0 Å². The fourth-order valence-corrected chi connectivity index (χ4v) is 3.47. The molecule has 0 heterocycles. The molecule has 0 saturated heterocycles. The van der Waals surface area contributed by atoms with Crippen molar-refractivity contribution in [2.24, 2.45) is 4.99 Å². The normalized spacial score (nSPS) is 11.3. The van der Waals surface area contributed by atoms with Crippen molar-refractivity contribution in [1.82, 2.24) is 0 Å². The number of fused-ring (bicyclic) bond motifs is 1. The van der Waals surface area contributed by atoms with Gasteiger partial charge in [-0.3, -0.25) is 4.99 Å². The smallest absolute Gasteiger partial charge is 0.129 e. The van der Waals surface area contributed by atoms with Gasteiger partial charge in [-0.2, -0.15) is 0 Å². The van der Waals surface area contributed by atoms with Gasteiger partial charge < -0.3 is 4.74 Å². The van der Waals surface area contributed by atoms with Crippen LogP contribution in [0.3, 0.4) is 0 Å². The quantitative estimate of drug-likeness (QED) is 0.302. The summed E-state index contributed by atoms with van der Waals surface area (Å²) >= 11 is 12.5. The van der Waals surface area contributed by atoms with Crippen molar-refractivity contribution >= 4 is 45.9 Å². The second-order valence-electron chi connectivity index (χ2n) is 6.77. The molecular formula is C25H19Cl2NO. The third-order valence-electron chi connectivity index (χ3n) is 4.77. The second kappa shape index (κ2) is 8.69. The molecule has 0 bridgehead atoms. The molecule has 0 aromatic heterocycles. The summed E-state index contributed by atoms with van der Waals surface area (Å²) in [6, 6.07) is 25.7. The lowest BCUT2D eigenvalue weighted by molar-refractivity contribution is 0.306. The topological polar surface area (TPSA) is 21.6 Å². The summed E-state index contributed by atoms with van der Waals surface area (Å²) in [7, 11) is 0. The van der Waals surface area contributed by atoms with E-state index in [2.05, 4.69) is 23.2 Å². The minimum Gasteiger partial charge on any atom is -0.488 e. The van der Waals surface area contributed by atoms with E-state index in [9.17, 15) is 0 Å². The van der Waals surface area contributed by atoms with E-state index in [1.807, 2.05) is 73.8 Å². The van der Waals surface area contributed by atoms with E-state index in [4.69, 9.17) is 27.9 Å². The van der Waals surface area contributed by atoms with Crippen LogP contribution in [0.4, 0.5) is 5.69 Å². The monoisotopic (exact) mass is 419 g/mol. The molecule has 0 saturated carbocycles. The van der Waals surface area contributed by atoms with Gasteiger partial charge in [0, 0.05) is 27.4 Å². The summed E-state index contributed by atoms with van der Waals surface area (Å²) in [4.78, 5) is 4.65. The first-order valence-electron chi connectivity index (χ1n) is 9.30. The molecule has 0 amide bonds. The van der Waals surface area contributed by atoms with Gasteiger partial charge in [0.15, 0.2) is 0 Å². The summed E-state index contributed by atoms with van der Waals surface area (Å²) in [6.45, 7) is 2.36. The number of ether oxygens (including phenoxy) is 1. The Kier molecular flexibility index (Phi) is 5.84. The van der Waals surface area contributed by atoms with Crippen LogP contribution in [0.5, 0.6) is 5.75 Å². The highest BCUT2D eigenvalue weighted by molar-refractivity contribution is 6.31. The molecule has 0 radical (unpaired) electrons. The number of rotatable bonds is 5. The van der Waals surface area contributed by atoms with Crippen LogP contribution in [-0.4, -0.2) is 6.21 Å². The van der Waals surface area contributed by atoms with Crippen molar-refractivity contribution in [1.29, 1.82) is 0 Å². The number of halogens is 2. The summed E-state index contributed by atoms with van der Waals surface area (Å²) in [6.07, 6.45) is 1.84. The van der Waals surface area contributed by atoms with Gasteiger partial charge in [0.25, 0.3) is 0 Å². The SMILES string of the molecule is Cc1ccc(N=Cc2c(OCc3ccccc3Cl)ccc3ccccc23)cc1Cl. The van der Waals surface area contributed by atoms with E-state index in [0.717, 1.165) is 38.9 Å². The second-order valence-corrected chi connectivity index (χ2v) is 7.58. The number of hydrogen-bond donors (Lipinski definition) is 0. The van der Waals surface area contributed by atoms with Gasteiger partial charge in [-0.1, -0.05) is 77.8 Å². The number of aliphatic imine (C=N–C) groups is 1. The van der Waals surface area contributed by atoms with Gasteiger partial charge >= 0.3 is 0 Å². The molecule has 4 heteroatoms. The van der Waals surface area contributed by atoms with Gasteiger partial charge in [0.05, 0.1) is 5.69 Å². The zero-order chi connectivity index (χ0) is 20.2. The van der Waals surface area contributed by atoms with E-state index in [0.29, 0.717) is 16.7 Å². The molecule has 2 nitrogen and oxygen atoms in total. The van der Waals surface area contributed by atoms with E-state index in [1.165, 1.54) is 0 Å². The predicted octanol–water partition coefficient (Wildman–Crippen LogP) is 7.78. The largest absolute Gasteiger partial charge is 0.488 e. The Morgan fingerprint density at radius 1 is 0.862 bits per heavy atom. The highest BCUT2D eigenvalue weighted by atomic mass is 35.5. The Morgan fingerprint density at radius 3 is 2.48 bits per heavy atom. The average Bonchev–Trinajstić information content (AvgIpc) is 2.74. The van der Waals surface area contributed by atoms with Gasteiger partial charge in [-0.25, -0.2) is 0 Å². The van der Waals surface area contributed by atoms with Gasteiger partial charge in [-0.15, -0.1) is 0 Å². The van der Waals surface area contributed by atoms with Crippen LogP contribution in [0.1, 0.15) is 16.7 Å². The Labute approximate surface area is 180 Å². The Hall–Kier alpha value is -2.81. The molecule has 0 unspecified atom stereocenters. The molecule has 144 valence electrons. The van der Waals surface area contributed by atoms with E-state index in [1.54, 1.807) is 0 Å². The Balaban J connectivity index is 1.71. The molecule has 29 heavy (non-hydrogen) atoms. The summed E-state index contributed by atoms with van der Waals surface area (Å²) in [5, 5.41) is 3.60. The van der Waals surface area contributed by atoms with Crippen LogP contribution in [0, 0.1) is 6.92 Å². The first-order valence-corrected chi connectivity index (χ1v) is 10.1. The zero-order valence-electron chi connectivity index (χ0n) is 15.9. The summed E-state index contributed by atoms with van der Waals surface area (Å²) in [5.41, 5.74) is 3.69. The fourth-order valence-electron chi connectivity index (χ4n) is 3.11. The molecule has 4 aromatic carbocycles. The lowest BCUT2D eigenvalue weighted by Gasteiger charge is -2.12. The van der Waals surface area contributed by atoms with Crippen molar-refractivity contribution in [2.45, 2.75) is 13.5 Å². The van der Waals surface area contributed by atoms with Crippen LogP contribution in [0.25, 0.3) is 10.8 Å². The van der Waals surface area contributed by atoms with E-state index >= 15 is 0 Å². The number of aryl methyl sites for hydroxylation is 1. The molecule has 0 aliphatic carbocycles. The average molecular weight is 420 g/mol. The van der Waals surface area contributed by atoms with Crippen molar-refractivity contribution in [3.05, 3.63) is 106 Å². The first kappa shape index (κ1) is 19.5. The highest BCUT2D eigenvalue weighted by Crippen LogP contribution is 2.29. The molecular weight excluding hydrogens is 401 g/mol. The number of benzene rings is 4. The molecule has 4 aromatic rings. The van der Waals surface area contributed by atoms with Crippen LogP contribution in [-0.2, 0) is 6.61 Å². The maximum Gasteiger partial charge on any atom is 0.129 e. The fraction of sp³-hybridized carbons (Fsp3) is 0.0800. The summed E-state index contributed by atoms with van der Waals surface area (Å²) in [5.74, 6) is 0.755. The molecule has 0 aliphatic heterocycles. The molecule has 0 fully saturated rings. The standard InChI is InChI=1S/C25H19Cl2NO/c1-17-10-12-20(14-24(17)27)28-15-22-21-8-4-2-6-18(21)11-13-25(22)29-16-19-7-3-5-9-23(19)26/h2-15H,16H2,1H3. The van der Waals surface area contributed by atoms with Gasteiger partial charge in [-0.05, 0) is 47.5 Å². The lowest BCUT2D eigenvalue weighted by Crippen LogP contribution is -1.99. The number of hydrogen-bond acceptors (Lipinski definition) is 2. The maximum absolute atomic E-state index is 6.28. The minimum absolute atomic E-state index is 0.384. The molecule has 4 rings (SSSR count). The van der Waals surface area contributed by atoms with Crippen molar-refractivity contribution in [3.63, 3.8) is 0 Å². The molecule has 0 N–H and O–H groups in total. The number of nitrogens with zero attached hydrogens (tertiary/aromatic N) is 1. The molecule has 0 spiro atoms. The predicted molar refractivity (Wildman–Crippen MR) is 123 cm³/mol. The van der Waals surface area contributed by atoms with Gasteiger partial charge in [0.2, 0.25) is 0 Å². The third kappa shape index (κ3) is 4.45. The maximum atomic E-state index is 6.28. The summed E-state index contributed by atoms with van der Waals surface area (Å²) < 4.78 is 6.14.